The van der Waals surface area contributed by atoms with E-state index in [0.717, 1.165) is 35.8 Å². The van der Waals surface area contributed by atoms with Crippen molar-refractivity contribution in [3.8, 4) is 0 Å². The van der Waals surface area contributed by atoms with Gasteiger partial charge in [0.2, 0.25) is 5.91 Å². The van der Waals surface area contributed by atoms with E-state index in [1.165, 1.54) is 4.90 Å². The van der Waals surface area contributed by atoms with Crippen molar-refractivity contribution in [2.45, 2.75) is 51.7 Å². The summed E-state index contributed by atoms with van der Waals surface area (Å²) in [5, 5.41) is 1.84. The fraction of sp³-hybridized carbons (Fsp3) is 0.417. The third-order valence-electron chi connectivity index (χ3n) is 6.19. The molecule has 2 aliphatic heterocycles. The van der Waals surface area contributed by atoms with Gasteiger partial charge in [0.25, 0.3) is 5.91 Å². The minimum Gasteiger partial charge on any atom is -0.273 e. The molecular formula is C24H27BrN2O3. The molecule has 2 saturated heterocycles. The molecule has 2 aromatic carbocycles. The van der Waals surface area contributed by atoms with Gasteiger partial charge in [0.15, 0.2) is 6.10 Å². The van der Waals surface area contributed by atoms with Crippen LogP contribution >= 0.6 is 15.9 Å². The molecule has 2 amide bonds. The zero-order valence-corrected chi connectivity index (χ0v) is 18.9. The maximum Gasteiger partial charge on any atom is 0.266 e. The summed E-state index contributed by atoms with van der Waals surface area (Å²) in [5.41, 5.74) is 1.49. The number of imide groups is 1. The number of nitrogens with zero attached hydrogens (tertiary/aromatic N) is 2. The van der Waals surface area contributed by atoms with Gasteiger partial charge < -0.3 is 0 Å². The van der Waals surface area contributed by atoms with Gasteiger partial charge in [-0.05, 0) is 48.7 Å². The Morgan fingerprint density at radius 3 is 2.30 bits per heavy atom. The first-order chi connectivity index (χ1) is 14.6. The van der Waals surface area contributed by atoms with E-state index in [4.69, 9.17) is 4.84 Å². The van der Waals surface area contributed by atoms with E-state index in [2.05, 4.69) is 29.8 Å². The lowest BCUT2D eigenvalue weighted by Crippen LogP contribution is -2.44. The Labute approximate surface area is 186 Å². The highest BCUT2D eigenvalue weighted by molar-refractivity contribution is 9.10. The number of benzene rings is 2. The average molecular weight is 471 g/mol. The van der Waals surface area contributed by atoms with Crippen LogP contribution in [0.15, 0.2) is 59.1 Å². The normalized spacial score (nSPS) is 24.4. The van der Waals surface area contributed by atoms with E-state index in [1.54, 1.807) is 12.1 Å². The number of hydrogen-bond donors (Lipinski definition) is 0. The first-order valence-corrected chi connectivity index (χ1v) is 11.5. The van der Waals surface area contributed by atoms with Crippen LogP contribution in [0, 0.1) is 11.8 Å². The van der Waals surface area contributed by atoms with Crippen LogP contribution in [-0.4, -0.2) is 24.0 Å². The third kappa shape index (κ3) is 3.67. The van der Waals surface area contributed by atoms with Gasteiger partial charge in [0.1, 0.15) is 0 Å². The molecule has 0 radical (unpaired) electrons. The molecule has 158 valence electrons. The van der Waals surface area contributed by atoms with Gasteiger partial charge >= 0.3 is 0 Å². The zero-order valence-electron chi connectivity index (χ0n) is 17.3. The van der Waals surface area contributed by atoms with Crippen molar-refractivity contribution in [1.29, 1.82) is 0 Å². The van der Waals surface area contributed by atoms with E-state index in [-0.39, 0.29) is 23.8 Å². The largest absolute Gasteiger partial charge is 0.273 e. The van der Waals surface area contributed by atoms with E-state index >= 15 is 0 Å². The minimum atomic E-state index is -0.776. The number of hydrogen-bond acceptors (Lipinski definition) is 4. The van der Waals surface area contributed by atoms with Gasteiger partial charge in [-0.1, -0.05) is 67.2 Å². The van der Waals surface area contributed by atoms with E-state index in [0.29, 0.717) is 5.69 Å². The number of hydroxylamine groups is 1. The van der Waals surface area contributed by atoms with Crippen LogP contribution in [0.1, 0.15) is 39.5 Å². The quantitative estimate of drug-likeness (QED) is 0.512. The average Bonchev–Trinajstić information content (AvgIpc) is 3.27. The highest BCUT2D eigenvalue weighted by Gasteiger charge is 2.61. The molecule has 2 fully saturated rings. The second-order valence-corrected chi connectivity index (χ2v) is 8.92. The first kappa shape index (κ1) is 21.1. The number of unbranched alkanes of at least 4 members (excludes halogenated alkanes) is 1. The molecule has 0 spiro atoms. The van der Waals surface area contributed by atoms with Crippen LogP contribution < -0.4 is 9.96 Å². The number of para-hydroxylation sites is 1. The summed E-state index contributed by atoms with van der Waals surface area (Å²) in [7, 11) is 0. The van der Waals surface area contributed by atoms with Gasteiger partial charge in [0.05, 0.1) is 23.3 Å². The van der Waals surface area contributed by atoms with Crippen molar-refractivity contribution >= 4 is 39.1 Å². The number of halogens is 1. The number of rotatable bonds is 7. The molecule has 6 heteroatoms. The Bertz CT molecular complexity index is 902. The second kappa shape index (κ2) is 8.90. The molecule has 0 N–H and O–H groups in total. The summed E-state index contributed by atoms with van der Waals surface area (Å²) in [4.78, 5) is 34.3. The van der Waals surface area contributed by atoms with Crippen LogP contribution in [0.3, 0.4) is 0 Å². The molecule has 5 nitrogen and oxygen atoms in total. The van der Waals surface area contributed by atoms with Crippen LogP contribution in [-0.2, 0) is 14.4 Å². The Morgan fingerprint density at radius 1 is 0.967 bits per heavy atom. The van der Waals surface area contributed by atoms with Crippen LogP contribution in [0.2, 0.25) is 0 Å². The fourth-order valence-electron chi connectivity index (χ4n) is 4.66. The molecular weight excluding hydrogens is 444 g/mol. The van der Waals surface area contributed by atoms with Crippen molar-refractivity contribution in [3.63, 3.8) is 0 Å². The molecule has 4 atom stereocenters. The molecule has 2 aromatic rings. The van der Waals surface area contributed by atoms with E-state index < -0.39 is 12.0 Å². The Morgan fingerprint density at radius 2 is 1.67 bits per heavy atom. The van der Waals surface area contributed by atoms with Crippen LogP contribution in [0.5, 0.6) is 0 Å². The molecule has 2 heterocycles. The maximum absolute atomic E-state index is 13.6. The number of carbonyl (C=O) groups excluding carboxylic acids is 2. The predicted octanol–water partition coefficient (Wildman–Crippen LogP) is 5.34. The summed E-state index contributed by atoms with van der Waals surface area (Å²) in [6, 6.07) is 16.9. The van der Waals surface area contributed by atoms with Gasteiger partial charge in [-0.25, -0.2) is 9.96 Å². The molecule has 0 aliphatic carbocycles. The standard InChI is InChI=1S/C24H27BrN2O3/c1-3-5-9-16(4-2)21-20-22(30-27(21)19-10-7-6-8-11-19)24(29)26(23(20)28)18-14-12-17(25)13-15-18/h6-8,10-16,20-22H,3-5,9H2,1-2H3/t16-,20+,21+,22+/m0/s1. The van der Waals surface area contributed by atoms with Crippen molar-refractivity contribution in [3.05, 3.63) is 59.1 Å². The number of fused-ring (bicyclic) bond motifs is 1. The van der Waals surface area contributed by atoms with Crippen molar-refractivity contribution < 1.29 is 14.4 Å². The Kier molecular flexibility index (Phi) is 6.25. The highest BCUT2D eigenvalue weighted by atomic mass is 79.9. The lowest BCUT2D eigenvalue weighted by molar-refractivity contribution is -0.126. The van der Waals surface area contributed by atoms with Crippen molar-refractivity contribution in [1.82, 2.24) is 0 Å². The summed E-state index contributed by atoms with van der Waals surface area (Å²) < 4.78 is 0.903. The number of carbonyl (C=O) groups is 2. The lowest BCUT2D eigenvalue weighted by atomic mass is 9.82. The highest BCUT2D eigenvalue weighted by Crippen LogP contribution is 2.44. The predicted molar refractivity (Wildman–Crippen MR) is 121 cm³/mol. The van der Waals surface area contributed by atoms with Crippen LogP contribution in [0.4, 0.5) is 11.4 Å². The first-order valence-electron chi connectivity index (χ1n) is 10.7. The zero-order chi connectivity index (χ0) is 21.3. The van der Waals surface area contributed by atoms with Gasteiger partial charge in [-0.3, -0.25) is 14.4 Å². The van der Waals surface area contributed by atoms with Gasteiger partial charge in [-0.15, -0.1) is 0 Å². The lowest BCUT2D eigenvalue weighted by Gasteiger charge is -2.33. The third-order valence-corrected chi connectivity index (χ3v) is 6.72. The minimum absolute atomic E-state index is 0.161. The molecule has 2 aliphatic rings. The number of anilines is 2. The monoisotopic (exact) mass is 470 g/mol. The maximum atomic E-state index is 13.6. The molecule has 0 aromatic heterocycles. The molecule has 30 heavy (non-hydrogen) atoms. The summed E-state index contributed by atoms with van der Waals surface area (Å²) in [6.07, 6.45) is 3.35. The Hall–Kier alpha value is -2.18. The smallest absolute Gasteiger partial charge is 0.266 e. The molecule has 0 unspecified atom stereocenters. The van der Waals surface area contributed by atoms with Gasteiger partial charge in [0, 0.05) is 4.47 Å². The Balaban J connectivity index is 1.71. The molecule has 0 saturated carbocycles. The fourth-order valence-corrected chi connectivity index (χ4v) is 4.93. The van der Waals surface area contributed by atoms with Crippen molar-refractivity contribution in [2.24, 2.45) is 11.8 Å². The summed E-state index contributed by atoms with van der Waals surface area (Å²) in [5.74, 6) is -0.670. The summed E-state index contributed by atoms with van der Waals surface area (Å²) >= 11 is 3.41. The molecule has 4 rings (SSSR count). The summed E-state index contributed by atoms with van der Waals surface area (Å²) in [6.45, 7) is 4.33. The molecule has 0 bridgehead atoms. The second-order valence-electron chi connectivity index (χ2n) is 8.00. The number of amides is 2. The van der Waals surface area contributed by atoms with Crippen LogP contribution in [0.25, 0.3) is 0 Å². The van der Waals surface area contributed by atoms with Crippen molar-refractivity contribution in [2.75, 3.05) is 9.96 Å². The topological polar surface area (TPSA) is 49.9 Å². The SMILES string of the molecule is CCCC[C@H](CC)[C@@H]1[C@H]2C(=O)N(c3ccc(Br)cc3)C(=O)[C@@H]2ON1c1ccccc1. The van der Waals surface area contributed by atoms with E-state index in [1.807, 2.05) is 47.5 Å². The van der Waals surface area contributed by atoms with E-state index in [9.17, 15) is 9.59 Å². The van der Waals surface area contributed by atoms with Gasteiger partial charge in [-0.2, -0.15) is 0 Å².